The summed E-state index contributed by atoms with van der Waals surface area (Å²) in [5.74, 6) is 1.85. The summed E-state index contributed by atoms with van der Waals surface area (Å²) < 4.78 is 15.6. The van der Waals surface area contributed by atoms with Gasteiger partial charge in [-0.3, -0.25) is 4.79 Å². The van der Waals surface area contributed by atoms with Crippen LogP contribution in [0.15, 0.2) is 23.3 Å². The van der Waals surface area contributed by atoms with Gasteiger partial charge in [-0.1, -0.05) is 12.8 Å². The number of benzene rings is 1. The predicted octanol–water partition coefficient (Wildman–Crippen LogP) is 3.90. The van der Waals surface area contributed by atoms with Crippen LogP contribution in [0.4, 0.5) is 4.79 Å². The molecular formula is C21H28N2O5. The van der Waals surface area contributed by atoms with Gasteiger partial charge in [0.25, 0.3) is 0 Å². The van der Waals surface area contributed by atoms with Crippen molar-refractivity contribution in [3.63, 3.8) is 0 Å². The Hall–Kier alpha value is -2.57. The lowest BCUT2D eigenvalue weighted by atomic mass is 10.0. The fraction of sp³-hybridized carbons (Fsp3) is 0.571. The minimum Gasteiger partial charge on any atom is -0.493 e. The zero-order chi connectivity index (χ0) is 20.3. The number of nitrogens with one attached hydrogen (secondary N) is 1. The highest BCUT2D eigenvalue weighted by Crippen LogP contribution is 2.55. The average molecular weight is 388 g/mol. The van der Waals surface area contributed by atoms with E-state index in [-0.39, 0.29) is 17.6 Å². The van der Waals surface area contributed by atoms with Crippen LogP contribution in [-0.4, -0.2) is 31.0 Å². The molecule has 2 fully saturated rings. The Morgan fingerprint density at radius 1 is 1.14 bits per heavy atom. The molecular weight excluding hydrogens is 360 g/mol. The van der Waals surface area contributed by atoms with E-state index in [2.05, 4.69) is 10.5 Å². The summed E-state index contributed by atoms with van der Waals surface area (Å²) in [6.07, 6.45) is 5.51. The number of fused-ring (bicyclic) bond motifs is 1. The van der Waals surface area contributed by atoms with E-state index in [9.17, 15) is 9.59 Å². The van der Waals surface area contributed by atoms with E-state index in [0.29, 0.717) is 23.1 Å². The van der Waals surface area contributed by atoms with Crippen molar-refractivity contribution in [2.45, 2.75) is 52.1 Å². The molecule has 0 spiro atoms. The molecule has 7 nitrogen and oxygen atoms in total. The van der Waals surface area contributed by atoms with Crippen molar-refractivity contribution in [1.82, 2.24) is 5.43 Å². The number of carbonyl (C=O) groups excluding carboxylic acids is 2. The molecule has 3 rings (SSSR count). The van der Waals surface area contributed by atoms with Crippen LogP contribution >= 0.6 is 0 Å². The van der Waals surface area contributed by atoms with Gasteiger partial charge in [0.15, 0.2) is 11.5 Å². The molecule has 0 aromatic heterocycles. The highest BCUT2D eigenvalue weighted by molar-refractivity contribution is 5.85. The summed E-state index contributed by atoms with van der Waals surface area (Å²) in [7, 11) is 1.48. The number of amides is 1. The van der Waals surface area contributed by atoms with E-state index in [4.69, 9.17) is 14.2 Å². The van der Waals surface area contributed by atoms with Gasteiger partial charge in [-0.25, -0.2) is 10.2 Å². The zero-order valence-corrected chi connectivity index (χ0v) is 16.9. The molecule has 0 aliphatic heterocycles. The number of methoxy groups -OCH3 is 1. The number of carbonyl (C=O) groups is 2. The SMILES string of the molecule is COc1cc(C=NNC(=O)C2C3CCCCC32)ccc1OC(=O)OC(C)(C)C. The smallest absolute Gasteiger partial charge is 0.493 e. The second-order valence-electron chi connectivity index (χ2n) is 8.35. The van der Waals surface area contributed by atoms with Crippen LogP contribution in [0.25, 0.3) is 0 Å². The van der Waals surface area contributed by atoms with E-state index < -0.39 is 11.8 Å². The van der Waals surface area contributed by atoms with Crippen LogP contribution in [0.1, 0.15) is 52.0 Å². The average Bonchev–Trinajstić information content (AvgIpc) is 3.35. The monoisotopic (exact) mass is 388 g/mol. The normalized spacial score (nSPS) is 23.6. The fourth-order valence-electron chi connectivity index (χ4n) is 3.84. The lowest BCUT2D eigenvalue weighted by Gasteiger charge is -2.19. The zero-order valence-electron chi connectivity index (χ0n) is 16.9. The quantitative estimate of drug-likeness (QED) is 0.358. The van der Waals surface area contributed by atoms with Crippen LogP contribution in [0, 0.1) is 17.8 Å². The molecule has 1 aromatic carbocycles. The first-order chi connectivity index (χ1) is 13.3. The molecule has 2 unspecified atom stereocenters. The largest absolute Gasteiger partial charge is 0.514 e. The van der Waals surface area contributed by atoms with Gasteiger partial charge in [-0.2, -0.15) is 5.10 Å². The summed E-state index contributed by atoms with van der Waals surface area (Å²) in [5.41, 5.74) is 2.71. The summed E-state index contributed by atoms with van der Waals surface area (Å²) in [5, 5.41) is 4.06. The van der Waals surface area contributed by atoms with Gasteiger partial charge in [-0.05, 0) is 69.2 Å². The first kappa shape index (κ1) is 20.2. The van der Waals surface area contributed by atoms with Gasteiger partial charge in [0.1, 0.15) is 5.60 Å². The Labute approximate surface area is 165 Å². The van der Waals surface area contributed by atoms with E-state index >= 15 is 0 Å². The van der Waals surface area contributed by atoms with Crippen molar-refractivity contribution in [2.75, 3.05) is 7.11 Å². The second-order valence-corrected chi connectivity index (χ2v) is 8.35. The van der Waals surface area contributed by atoms with Crippen LogP contribution < -0.4 is 14.9 Å². The topological polar surface area (TPSA) is 86.2 Å². The van der Waals surface area contributed by atoms with Crippen molar-refractivity contribution in [3.8, 4) is 11.5 Å². The Balaban J connectivity index is 1.56. The highest BCUT2D eigenvalue weighted by atomic mass is 16.7. The van der Waals surface area contributed by atoms with Crippen LogP contribution in [0.2, 0.25) is 0 Å². The Bertz CT molecular complexity index is 757. The summed E-state index contributed by atoms with van der Waals surface area (Å²) in [4.78, 5) is 24.1. The lowest BCUT2D eigenvalue weighted by Crippen LogP contribution is -2.26. The summed E-state index contributed by atoms with van der Waals surface area (Å²) in [6, 6.07) is 4.99. The molecule has 28 heavy (non-hydrogen) atoms. The van der Waals surface area contributed by atoms with Gasteiger partial charge in [0.05, 0.1) is 13.3 Å². The van der Waals surface area contributed by atoms with Crippen molar-refractivity contribution in [3.05, 3.63) is 23.8 Å². The molecule has 2 aliphatic carbocycles. The molecule has 2 atom stereocenters. The molecule has 152 valence electrons. The van der Waals surface area contributed by atoms with Crippen LogP contribution in [0.3, 0.4) is 0 Å². The van der Waals surface area contributed by atoms with Gasteiger partial charge >= 0.3 is 6.16 Å². The number of nitrogens with zero attached hydrogens (tertiary/aromatic N) is 1. The third-order valence-electron chi connectivity index (χ3n) is 5.12. The highest BCUT2D eigenvalue weighted by Gasteiger charge is 2.54. The van der Waals surface area contributed by atoms with Gasteiger partial charge < -0.3 is 14.2 Å². The summed E-state index contributed by atoms with van der Waals surface area (Å²) >= 11 is 0. The molecule has 2 aliphatic rings. The van der Waals surface area contributed by atoms with Crippen LogP contribution in [0.5, 0.6) is 11.5 Å². The molecule has 7 heteroatoms. The maximum Gasteiger partial charge on any atom is 0.514 e. The van der Waals surface area contributed by atoms with E-state index in [0.717, 1.165) is 12.8 Å². The van der Waals surface area contributed by atoms with Gasteiger partial charge in [0.2, 0.25) is 5.91 Å². The minimum absolute atomic E-state index is 0.00462. The maximum absolute atomic E-state index is 12.3. The number of ether oxygens (including phenoxy) is 3. The molecule has 1 N–H and O–H groups in total. The molecule has 1 amide bonds. The van der Waals surface area contributed by atoms with Gasteiger partial charge in [-0.15, -0.1) is 0 Å². The first-order valence-corrected chi connectivity index (χ1v) is 9.70. The molecule has 0 heterocycles. The third-order valence-corrected chi connectivity index (χ3v) is 5.12. The molecule has 2 saturated carbocycles. The second kappa shape index (κ2) is 8.20. The lowest BCUT2D eigenvalue weighted by molar-refractivity contribution is -0.122. The Kier molecular flexibility index (Phi) is 5.91. The van der Waals surface area contributed by atoms with Crippen molar-refractivity contribution in [1.29, 1.82) is 0 Å². The van der Waals surface area contributed by atoms with E-state index in [1.54, 1.807) is 45.2 Å². The van der Waals surface area contributed by atoms with E-state index in [1.807, 2.05) is 0 Å². The molecule has 0 radical (unpaired) electrons. The third kappa shape index (κ3) is 5.03. The Morgan fingerprint density at radius 2 is 1.82 bits per heavy atom. The standard InChI is InChI=1S/C21H28N2O5/c1-21(2,3)28-20(25)27-16-10-9-13(11-17(16)26-4)12-22-23-19(24)18-14-7-5-6-8-15(14)18/h9-12,14-15,18H,5-8H2,1-4H3,(H,23,24). The van der Waals surface area contributed by atoms with Crippen LogP contribution in [-0.2, 0) is 9.53 Å². The van der Waals surface area contributed by atoms with E-state index in [1.165, 1.54) is 20.0 Å². The molecule has 0 bridgehead atoms. The number of hydrogen-bond donors (Lipinski definition) is 1. The number of rotatable bonds is 5. The van der Waals surface area contributed by atoms with Crippen molar-refractivity contribution >= 4 is 18.3 Å². The number of hydrogen-bond acceptors (Lipinski definition) is 6. The predicted molar refractivity (Wildman–Crippen MR) is 105 cm³/mol. The minimum atomic E-state index is -0.801. The maximum atomic E-state index is 12.3. The Morgan fingerprint density at radius 3 is 2.43 bits per heavy atom. The molecule has 1 aromatic rings. The fourth-order valence-corrected chi connectivity index (χ4v) is 3.84. The van der Waals surface area contributed by atoms with Gasteiger partial charge in [0, 0.05) is 5.92 Å². The first-order valence-electron chi connectivity index (χ1n) is 9.70. The summed E-state index contributed by atoms with van der Waals surface area (Å²) in [6.45, 7) is 5.28. The van der Waals surface area contributed by atoms with Crippen molar-refractivity contribution < 1.29 is 23.8 Å². The van der Waals surface area contributed by atoms with Crippen molar-refractivity contribution in [2.24, 2.45) is 22.9 Å². The number of hydrazone groups is 1. The molecule has 0 saturated heterocycles.